The van der Waals surface area contributed by atoms with E-state index < -0.39 is 0 Å². The number of carbonyl (C=O) groups is 1. The quantitative estimate of drug-likeness (QED) is 0.797. The van der Waals surface area contributed by atoms with E-state index in [2.05, 4.69) is 31.0 Å². The summed E-state index contributed by atoms with van der Waals surface area (Å²) in [7, 11) is 2.07. The van der Waals surface area contributed by atoms with Gasteiger partial charge in [0.05, 0.1) is 0 Å². The highest BCUT2D eigenvalue weighted by molar-refractivity contribution is 5.90. The van der Waals surface area contributed by atoms with Crippen LogP contribution in [0.4, 0.5) is 0 Å². The molecule has 1 saturated carbocycles. The summed E-state index contributed by atoms with van der Waals surface area (Å²) in [6, 6.07) is 10.3. The minimum atomic E-state index is -0.367. The van der Waals surface area contributed by atoms with Gasteiger partial charge in [0.2, 0.25) is 0 Å². The van der Waals surface area contributed by atoms with Gasteiger partial charge in [-0.15, -0.1) is 0 Å². The molecule has 0 radical (unpaired) electrons. The maximum absolute atomic E-state index is 12.5. The number of Topliss-reactive ketones (excluding diaryl/α,β-unsaturated/α-hetero) is 1. The van der Waals surface area contributed by atoms with Crippen LogP contribution in [-0.2, 0) is 10.3 Å². The van der Waals surface area contributed by atoms with Crippen molar-refractivity contribution in [2.24, 2.45) is 0 Å². The van der Waals surface area contributed by atoms with Crippen molar-refractivity contribution in [2.45, 2.75) is 38.1 Å². The molecule has 0 aromatic heterocycles. The minimum Gasteiger partial charge on any atom is -0.297 e. The van der Waals surface area contributed by atoms with Crippen molar-refractivity contribution in [3.63, 3.8) is 0 Å². The standard InChI is InChI=1S/C15H21NO/c1-3-16(2)15(12-8-7-11-14(15)17)13-9-5-4-6-10-13/h4-6,9-10H,3,7-8,11-12H2,1-2H3. The first-order valence-corrected chi connectivity index (χ1v) is 6.52. The van der Waals surface area contributed by atoms with E-state index in [1.807, 2.05) is 18.2 Å². The summed E-state index contributed by atoms with van der Waals surface area (Å²) in [4.78, 5) is 14.7. The molecule has 1 atom stereocenters. The predicted octanol–water partition coefficient (Wildman–Crippen LogP) is 2.98. The minimum absolute atomic E-state index is 0.367. The first-order chi connectivity index (χ1) is 8.21. The molecular weight excluding hydrogens is 210 g/mol. The van der Waals surface area contributed by atoms with E-state index in [0.717, 1.165) is 37.8 Å². The first kappa shape index (κ1) is 12.3. The second-order valence-corrected chi connectivity index (χ2v) is 4.87. The SMILES string of the molecule is CCN(C)C1(c2ccccc2)CCCCC1=O. The van der Waals surface area contributed by atoms with Gasteiger partial charge in [-0.3, -0.25) is 9.69 Å². The van der Waals surface area contributed by atoms with E-state index in [9.17, 15) is 4.79 Å². The van der Waals surface area contributed by atoms with E-state index in [4.69, 9.17) is 0 Å². The van der Waals surface area contributed by atoms with Crippen LogP contribution in [0.2, 0.25) is 0 Å². The van der Waals surface area contributed by atoms with Gasteiger partial charge in [-0.2, -0.15) is 0 Å². The maximum atomic E-state index is 12.5. The van der Waals surface area contributed by atoms with Crippen LogP contribution >= 0.6 is 0 Å². The third-order valence-corrected chi connectivity index (χ3v) is 4.03. The lowest BCUT2D eigenvalue weighted by molar-refractivity contribution is -0.134. The van der Waals surface area contributed by atoms with Crippen LogP contribution in [0.25, 0.3) is 0 Å². The Morgan fingerprint density at radius 2 is 1.94 bits per heavy atom. The van der Waals surface area contributed by atoms with E-state index in [1.165, 1.54) is 0 Å². The number of hydrogen-bond acceptors (Lipinski definition) is 2. The lowest BCUT2D eigenvalue weighted by Crippen LogP contribution is -2.51. The van der Waals surface area contributed by atoms with E-state index >= 15 is 0 Å². The molecule has 17 heavy (non-hydrogen) atoms. The van der Waals surface area contributed by atoms with Crippen LogP contribution in [0.5, 0.6) is 0 Å². The zero-order valence-electron chi connectivity index (χ0n) is 10.8. The summed E-state index contributed by atoms with van der Waals surface area (Å²) >= 11 is 0. The molecule has 0 amide bonds. The highest BCUT2D eigenvalue weighted by Gasteiger charge is 2.43. The van der Waals surface area contributed by atoms with Gasteiger partial charge in [-0.25, -0.2) is 0 Å². The van der Waals surface area contributed by atoms with Gasteiger partial charge in [0, 0.05) is 6.42 Å². The molecule has 2 rings (SSSR count). The molecule has 0 N–H and O–H groups in total. The number of likely N-dealkylation sites (N-methyl/N-ethyl adjacent to an activating group) is 1. The Balaban J connectivity index is 2.46. The third-order valence-electron chi connectivity index (χ3n) is 4.03. The van der Waals surface area contributed by atoms with Gasteiger partial charge in [-0.05, 0) is 32.0 Å². The molecule has 0 saturated heterocycles. The van der Waals surface area contributed by atoms with Crippen molar-refractivity contribution in [1.29, 1.82) is 0 Å². The number of nitrogens with zero attached hydrogens (tertiary/aromatic N) is 1. The van der Waals surface area contributed by atoms with Gasteiger partial charge >= 0.3 is 0 Å². The van der Waals surface area contributed by atoms with Crippen LogP contribution in [0, 0.1) is 0 Å². The summed E-state index contributed by atoms with van der Waals surface area (Å²) in [5, 5.41) is 0. The summed E-state index contributed by atoms with van der Waals surface area (Å²) < 4.78 is 0. The van der Waals surface area contributed by atoms with Crippen LogP contribution in [-0.4, -0.2) is 24.3 Å². The van der Waals surface area contributed by atoms with Crippen molar-refractivity contribution in [2.75, 3.05) is 13.6 Å². The van der Waals surface area contributed by atoms with E-state index in [0.29, 0.717) is 5.78 Å². The van der Waals surface area contributed by atoms with Crippen molar-refractivity contribution in [1.82, 2.24) is 4.90 Å². The number of benzene rings is 1. The molecule has 1 unspecified atom stereocenters. The summed E-state index contributed by atoms with van der Waals surface area (Å²) in [6.45, 7) is 3.02. The number of carbonyl (C=O) groups excluding carboxylic acids is 1. The van der Waals surface area contributed by atoms with Gasteiger partial charge < -0.3 is 0 Å². The smallest absolute Gasteiger partial charge is 0.157 e. The second-order valence-electron chi connectivity index (χ2n) is 4.87. The molecule has 0 spiro atoms. The molecule has 1 aromatic carbocycles. The van der Waals surface area contributed by atoms with Crippen molar-refractivity contribution in [3.8, 4) is 0 Å². The lowest BCUT2D eigenvalue weighted by atomic mass is 9.74. The van der Waals surface area contributed by atoms with Crippen LogP contribution < -0.4 is 0 Å². The maximum Gasteiger partial charge on any atom is 0.157 e. The lowest BCUT2D eigenvalue weighted by Gasteiger charge is -2.43. The normalized spacial score (nSPS) is 25.2. The topological polar surface area (TPSA) is 20.3 Å². The number of ketones is 1. The average molecular weight is 231 g/mol. The largest absolute Gasteiger partial charge is 0.297 e. The molecule has 92 valence electrons. The Hall–Kier alpha value is -1.15. The fraction of sp³-hybridized carbons (Fsp3) is 0.533. The molecule has 0 heterocycles. The van der Waals surface area contributed by atoms with Crippen LogP contribution in [0.1, 0.15) is 38.2 Å². The Labute approximate surface area is 104 Å². The van der Waals surface area contributed by atoms with Crippen molar-refractivity contribution < 1.29 is 4.79 Å². The highest BCUT2D eigenvalue weighted by Crippen LogP contribution is 2.38. The van der Waals surface area contributed by atoms with Crippen LogP contribution in [0.3, 0.4) is 0 Å². The van der Waals surface area contributed by atoms with Gasteiger partial charge in [0.25, 0.3) is 0 Å². The molecule has 2 heteroatoms. The first-order valence-electron chi connectivity index (χ1n) is 6.52. The Morgan fingerprint density at radius 3 is 2.53 bits per heavy atom. The molecule has 1 aliphatic rings. The molecule has 2 nitrogen and oxygen atoms in total. The molecule has 0 bridgehead atoms. The van der Waals surface area contributed by atoms with Gasteiger partial charge in [0.1, 0.15) is 5.54 Å². The summed E-state index contributed by atoms with van der Waals surface area (Å²) in [6.07, 6.45) is 3.87. The molecular formula is C15H21NO. The second kappa shape index (κ2) is 5.01. The monoisotopic (exact) mass is 231 g/mol. The Bertz CT molecular complexity index is 387. The predicted molar refractivity (Wildman–Crippen MR) is 69.9 cm³/mol. The molecule has 0 aliphatic heterocycles. The fourth-order valence-electron chi connectivity index (χ4n) is 2.93. The average Bonchev–Trinajstić information content (AvgIpc) is 2.39. The van der Waals surface area contributed by atoms with E-state index in [1.54, 1.807) is 0 Å². The van der Waals surface area contributed by atoms with Gasteiger partial charge in [-0.1, -0.05) is 43.7 Å². The number of hydrogen-bond donors (Lipinski definition) is 0. The Morgan fingerprint density at radius 1 is 1.24 bits per heavy atom. The Kier molecular flexibility index (Phi) is 3.63. The summed E-state index contributed by atoms with van der Waals surface area (Å²) in [5.41, 5.74) is 0.794. The van der Waals surface area contributed by atoms with Crippen molar-refractivity contribution in [3.05, 3.63) is 35.9 Å². The zero-order valence-corrected chi connectivity index (χ0v) is 10.8. The molecule has 1 fully saturated rings. The zero-order chi connectivity index (χ0) is 12.3. The molecule has 1 aromatic rings. The number of rotatable bonds is 3. The van der Waals surface area contributed by atoms with Gasteiger partial charge in [0.15, 0.2) is 5.78 Å². The highest BCUT2D eigenvalue weighted by atomic mass is 16.1. The van der Waals surface area contributed by atoms with E-state index in [-0.39, 0.29) is 5.54 Å². The molecule has 1 aliphatic carbocycles. The third kappa shape index (κ3) is 2.02. The van der Waals surface area contributed by atoms with Crippen molar-refractivity contribution >= 4 is 5.78 Å². The summed E-state index contributed by atoms with van der Waals surface area (Å²) in [5.74, 6) is 0.388. The fourth-order valence-corrected chi connectivity index (χ4v) is 2.93. The van der Waals surface area contributed by atoms with Crippen LogP contribution in [0.15, 0.2) is 30.3 Å².